The standard InChI is InChI=1S/C11H21BrO/c1-10(2,13-3)7-8-11(9-12)5-4-6-11/h4-9H2,1-3H3. The molecule has 0 atom stereocenters. The van der Waals surface area contributed by atoms with Crippen molar-refractivity contribution in [1.82, 2.24) is 0 Å². The SMILES string of the molecule is COC(C)(C)CCC1(CBr)CCC1. The molecule has 0 aliphatic heterocycles. The zero-order valence-electron chi connectivity index (χ0n) is 9.03. The van der Waals surface area contributed by atoms with Crippen LogP contribution in [0, 0.1) is 5.41 Å². The van der Waals surface area contributed by atoms with E-state index < -0.39 is 0 Å². The third-order valence-corrected chi connectivity index (χ3v) is 4.70. The number of methoxy groups -OCH3 is 1. The summed E-state index contributed by atoms with van der Waals surface area (Å²) in [7, 11) is 1.81. The quantitative estimate of drug-likeness (QED) is 0.674. The van der Waals surface area contributed by atoms with Gasteiger partial charge >= 0.3 is 0 Å². The Morgan fingerprint density at radius 2 is 2.00 bits per heavy atom. The lowest BCUT2D eigenvalue weighted by atomic mass is 9.66. The lowest BCUT2D eigenvalue weighted by Gasteiger charge is -2.42. The predicted molar refractivity (Wildman–Crippen MR) is 60.4 cm³/mol. The summed E-state index contributed by atoms with van der Waals surface area (Å²) in [4.78, 5) is 0. The fourth-order valence-corrected chi connectivity index (χ4v) is 2.64. The third-order valence-electron chi connectivity index (χ3n) is 3.51. The first-order chi connectivity index (χ1) is 6.04. The van der Waals surface area contributed by atoms with Gasteiger partial charge in [0, 0.05) is 12.4 Å². The van der Waals surface area contributed by atoms with E-state index in [-0.39, 0.29) is 5.60 Å². The second kappa shape index (κ2) is 4.31. The van der Waals surface area contributed by atoms with Gasteiger partial charge in [-0.25, -0.2) is 0 Å². The number of alkyl halides is 1. The average molecular weight is 249 g/mol. The Hall–Kier alpha value is 0.440. The maximum Gasteiger partial charge on any atom is 0.0623 e. The minimum Gasteiger partial charge on any atom is -0.379 e. The fourth-order valence-electron chi connectivity index (χ4n) is 1.80. The van der Waals surface area contributed by atoms with Crippen molar-refractivity contribution in [3.8, 4) is 0 Å². The first-order valence-electron chi connectivity index (χ1n) is 5.15. The summed E-state index contributed by atoms with van der Waals surface area (Å²) in [6.07, 6.45) is 6.70. The van der Waals surface area contributed by atoms with Gasteiger partial charge in [-0.1, -0.05) is 22.4 Å². The Morgan fingerprint density at radius 3 is 2.31 bits per heavy atom. The lowest BCUT2D eigenvalue weighted by molar-refractivity contribution is -0.00298. The van der Waals surface area contributed by atoms with Crippen LogP contribution in [-0.4, -0.2) is 18.0 Å². The van der Waals surface area contributed by atoms with Gasteiger partial charge in [-0.05, 0) is 44.9 Å². The molecule has 0 spiro atoms. The van der Waals surface area contributed by atoms with Crippen LogP contribution in [0.4, 0.5) is 0 Å². The fraction of sp³-hybridized carbons (Fsp3) is 1.00. The molecule has 78 valence electrons. The molecule has 1 rings (SSSR count). The second-order valence-corrected chi connectivity index (χ2v) is 5.51. The molecule has 0 saturated heterocycles. The number of hydrogen-bond acceptors (Lipinski definition) is 1. The summed E-state index contributed by atoms with van der Waals surface area (Å²) < 4.78 is 5.43. The Balaban J connectivity index is 2.32. The van der Waals surface area contributed by atoms with Gasteiger partial charge in [-0.3, -0.25) is 0 Å². The summed E-state index contributed by atoms with van der Waals surface area (Å²) in [6, 6.07) is 0. The Bertz CT molecular complexity index is 156. The minimum atomic E-state index is 0.0603. The van der Waals surface area contributed by atoms with Gasteiger partial charge in [0.1, 0.15) is 0 Å². The second-order valence-electron chi connectivity index (χ2n) is 4.95. The molecule has 0 aromatic heterocycles. The van der Waals surface area contributed by atoms with Crippen molar-refractivity contribution in [2.24, 2.45) is 5.41 Å². The van der Waals surface area contributed by atoms with E-state index in [1.165, 1.54) is 37.4 Å². The Labute approximate surface area is 90.4 Å². The van der Waals surface area contributed by atoms with E-state index in [1.54, 1.807) is 0 Å². The maximum absolute atomic E-state index is 5.43. The number of ether oxygens (including phenoxy) is 1. The summed E-state index contributed by atoms with van der Waals surface area (Å²) in [5, 5.41) is 1.17. The molecular weight excluding hydrogens is 228 g/mol. The molecule has 0 unspecified atom stereocenters. The van der Waals surface area contributed by atoms with E-state index >= 15 is 0 Å². The van der Waals surface area contributed by atoms with Crippen molar-refractivity contribution in [3.05, 3.63) is 0 Å². The van der Waals surface area contributed by atoms with E-state index in [2.05, 4.69) is 29.8 Å². The molecular formula is C11H21BrO. The van der Waals surface area contributed by atoms with Crippen LogP contribution >= 0.6 is 15.9 Å². The first kappa shape index (κ1) is 11.5. The predicted octanol–water partition coefficient (Wildman–Crippen LogP) is 3.76. The van der Waals surface area contributed by atoms with Crippen molar-refractivity contribution in [3.63, 3.8) is 0 Å². The van der Waals surface area contributed by atoms with Crippen LogP contribution < -0.4 is 0 Å². The molecule has 13 heavy (non-hydrogen) atoms. The maximum atomic E-state index is 5.43. The number of rotatable bonds is 5. The molecule has 0 radical (unpaired) electrons. The Kier molecular flexibility index (Phi) is 3.82. The summed E-state index contributed by atoms with van der Waals surface area (Å²) in [6.45, 7) is 4.35. The zero-order chi connectivity index (χ0) is 9.95. The van der Waals surface area contributed by atoms with Crippen LogP contribution in [0.5, 0.6) is 0 Å². The zero-order valence-corrected chi connectivity index (χ0v) is 10.6. The van der Waals surface area contributed by atoms with Gasteiger partial charge in [0.2, 0.25) is 0 Å². The topological polar surface area (TPSA) is 9.23 Å². The molecule has 1 aliphatic rings. The molecule has 1 fully saturated rings. The summed E-state index contributed by atoms with van der Waals surface area (Å²) in [5.41, 5.74) is 0.667. The van der Waals surface area contributed by atoms with E-state index in [0.29, 0.717) is 5.41 Å². The molecule has 1 saturated carbocycles. The molecule has 1 nitrogen and oxygen atoms in total. The van der Waals surface area contributed by atoms with Crippen LogP contribution in [-0.2, 0) is 4.74 Å². The summed E-state index contributed by atoms with van der Waals surface area (Å²) >= 11 is 3.63. The van der Waals surface area contributed by atoms with Crippen molar-refractivity contribution < 1.29 is 4.74 Å². The van der Waals surface area contributed by atoms with E-state index in [9.17, 15) is 0 Å². The van der Waals surface area contributed by atoms with Gasteiger partial charge in [-0.2, -0.15) is 0 Å². The molecule has 1 aliphatic carbocycles. The van der Waals surface area contributed by atoms with Crippen molar-refractivity contribution >= 4 is 15.9 Å². The van der Waals surface area contributed by atoms with Crippen LogP contribution in [0.25, 0.3) is 0 Å². The molecule has 0 aromatic rings. The van der Waals surface area contributed by atoms with E-state index in [0.717, 1.165) is 0 Å². The number of halogens is 1. The average Bonchev–Trinajstić information content (AvgIpc) is 2.03. The first-order valence-corrected chi connectivity index (χ1v) is 6.27. The highest BCUT2D eigenvalue weighted by atomic mass is 79.9. The van der Waals surface area contributed by atoms with Crippen LogP contribution in [0.1, 0.15) is 46.0 Å². The van der Waals surface area contributed by atoms with Gasteiger partial charge in [-0.15, -0.1) is 0 Å². The Morgan fingerprint density at radius 1 is 1.38 bits per heavy atom. The van der Waals surface area contributed by atoms with Crippen molar-refractivity contribution in [2.45, 2.75) is 51.6 Å². The van der Waals surface area contributed by atoms with Gasteiger partial charge in [0.15, 0.2) is 0 Å². The smallest absolute Gasteiger partial charge is 0.0623 e. The van der Waals surface area contributed by atoms with Crippen LogP contribution in [0.3, 0.4) is 0 Å². The molecule has 0 aromatic carbocycles. The highest BCUT2D eigenvalue weighted by Crippen LogP contribution is 2.47. The van der Waals surface area contributed by atoms with E-state index in [1.807, 2.05) is 7.11 Å². The minimum absolute atomic E-state index is 0.0603. The number of hydrogen-bond donors (Lipinski definition) is 0. The molecule has 0 bridgehead atoms. The van der Waals surface area contributed by atoms with Gasteiger partial charge in [0.05, 0.1) is 5.60 Å². The normalized spacial score (nSPS) is 21.2. The third kappa shape index (κ3) is 2.95. The monoisotopic (exact) mass is 248 g/mol. The van der Waals surface area contributed by atoms with Gasteiger partial charge < -0.3 is 4.74 Å². The lowest BCUT2D eigenvalue weighted by Crippen LogP contribution is -2.34. The van der Waals surface area contributed by atoms with Crippen molar-refractivity contribution in [1.29, 1.82) is 0 Å². The molecule has 0 N–H and O–H groups in total. The highest BCUT2D eigenvalue weighted by Gasteiger charge is 2.36. The van der Waals surface area contributed by atoms with E-state index in [4.69, 9.17) is 4.74 Å². The summed E-state index contributed by atoms with van der Waals surface area (Å²) in [5.74, 6) is 0. The largest absolute Gasteiger partial charge is 0.379 e. The molecule has 2 heteroatoms. The molecule has 0 heterocycles. The highest BCUT2D eigenvalue weighted by molar-refractivity contribution is 9.09. The molecule has 0 amide bonds. The van der Waals surface area contributed by atoms with Crippen LogP contribution in [0.15, 0.2) is 0 Å². The van der Waals surface area contributed by atoms with Crippen molar-refractivity contribution in [2.75, 3.05) is 12.4 Å². The van der Waals surface area contributed by atoms with Gasteiger partial charge in [0.25, 0.3) is 0 Å². The van der Waals surface area contributed by atoms with Crippen LogP contribution in [0.2, 0.25) is 0 Å².